The van der Waals surface area contributed by atoms with Crippen LogP contribution >= 0.6 is 11.6 Å². The lowest BCUT2D eigenvalue weighted by Gasteiger charge is -2.34. The minimum atomic E-state index is -1.18. The summed E-state index contributed by atoms with van der Waals surface area (Å²) in [4.78, 5) is 25.5. The Morgan fingerprint density at radius 2 is 1.86 bits per heavy atom. The van der Waals surface area contributed by atoms with Crippen LogP contribution in [0.4, 0.5) is 9.18 Å². The molecule has 1 fully saturated rings. The minimum Gasteiger partial charge on any atom is -0.490 e. The summed E-state index contributed by atoms with van der Waals surface area (Å²) in [5, 5.41) is 13.1. The van der Waals surface area contributed by atoms with Crippen LogP contribution in [0.3, 0.4) is 0 Å². The third-order valence-corrected chi connectivity index (χ3v) is 5.03. The van der Waals surface area contributed by atoms with Crippen LogP contribution in [0.15, 0.2) is 30.5 Å². The van der Waals surface area contributed by atoms with Gasteiger partial charge in [0, 0.05) is 30.4 Å². The molecule has 0 spiro atoms. The van der Waals surface area contributed by atoms with Crippen molar-refractivity contribution in [3.05, 3.63) is 47.0 Å². The smallest absolute Gasteiger partial charge is 0.356 e. The van der Waals surface area contributed by atoms with Gasteiger partial charge in [0.2, 0.25) is 0 Å². The standard InChI is InChI=1S/C20H23ClFN3O4/c1-12-5-16(29-17-8-14(21)7-15(22)9-17)6-13(2)11-24(10-12)20(28)25-4-3-18(23-25)19(26)27/h3-4,7-9,12-13,16H,5-6,10-11H2,1-2H3,(H,26,27)/t12-,13+,16+. The van der Waals surface area contributed by atoms with E-state index in [9.17, 15) is 14.0 Å². The van der Waals surface area contributed by atoms with Gasteiger partial charge in [0.15, 0.2) is 5.69 Å². The molecule has 3 atom stereocenters. The molecule has 3 rings (SSSR count). The number of likely N-dealkylation sites (tertiary alicyclic amines) is 1. The molecular weight excluding hydrogens is 401 g/mol. The Bertz CT molecular complexity index is 869. The molecule has 0 unspecified atom stereocenters. The Hall–Kier alpha value is -2.61. The Kier molecular flexibility index (Phi) is 6.42. The van der Waals surface area contributed by atoms with Gasteiger partial charge in [0.1, 0.15) is 11.6 Å². The highest BCUT2D eigenvalue weighted by molar-refractivity contribution is 6.30. The number of nitrogens with zero attached hydrogens (tertiary/aromatic N) is 3. The van der Waals surface area contributed by atoms with Gasteiger partial charge < -0.3 is 14.7 Å². The van der Waals surface area contributed by atoms with Gasteiger partial charge in [-0.25, -0.2) is 14.0 Å². The molecule has 1 N–H and O–H groups in total. The number of rotatable bonds is 3. The zero-order chi connectivity index (χ0) is 21.1. The highest BCUT2D eigenvalue weighted by Crippen LogP contribution is 2.27. The molecule has 1 aromatic carbocycles. The number of carboxylic acid groups (broad SMARTS) is 1. The zero-order valence-electron chi connectivity index (χ0n) is 16.2. The molecule has 1 amide bonds. The molecule has 7 nitrogen and oxygen atoms in total. The number of carboxylic acids is 1. The summed E-state index contributed by atoms with van der Waals surface area (Å²) in [6.45, 7) is 4.98. The van der Waals surface area contributed by atoms with E-state index in [0.29, 0.717) is 31.7 Å². The molecule has 29 heavy (non-hydrogen) atoms. The van der Waals surface area contributed by atoms with Gasteiger partial charge in [0.05, 0.1) is 6.10 Å². The molecule has 1 saturated heterocycles. The van der Waals surface area contributed by atoms with Gasteiger partial charge in [-0.2, -0.15) is 9.78 Å². The van der Waals surface area contributed by atoms with Crippen LogP contribution in [0.5, 0.6) is 5.75 Å². The first-order chi connectivity index (χ1) is 13.7. The number of ether oxygens (including phenoxy) is 1. The van der Waals surface area contributed by atoms with E-state index in [0.717, 1.165) is 4.68 Å². The molecule has 1 aliphatic rings. The van der Waals surface area contributed by atoms with E-state index < -0.39 is 11.8 Å². The van der Waals surface area contributed by atoms with Crippen LogP contribution in [-0.4, -0.2) is 51.0 Å². The molecule has 2 aromatic rings. The van der Waals surface area contributed by atoms with E-state index in [1.807, 2.05) is 13.8 Å². The predicted octanol–water partition coefficient (Wildman–Crippen LogP) is 4.16. The average Bonchev–Trinajstić information content (AvgIpc) is 3.08. The predicted molar refractivity (Wildman–Crippen MR) is 105 cm³/mol. The van der Waals surface area contributed by atoms with Gasteiger partial charge in [0.25, 0.3) is 0 Å². The van der Waals surface area contributed by atoms with E-state index in [4.69, 9.17) is 21.4 Å². The number of carbonyl (C=O) groups excluding carboxylic acids is 1. The fourth-order valence-electron chi connectivity index (χ4n) is 3.70. The average molecular weight is 424 g/mol. The van der Waals surface area contributed by atoms with Crippen molar-refractivity contribution < 1.29 is 23.8 Å². The molecule has 156 valence electrons. The van der Waals surface area contributed by atoms with Crippen molar-refractivity contribution in [1.29, 1.82) is 0 Å². The van der Waals surface area contributed by atoms with Crippen molar-refractivity contribution in [2.75, 3.05) is 13.1 Å². The fraction of sp³-hybridized carbons (Fsp3) is 0.450. The number of hydrogen-bond acceptors (Lipinski definition) is 4. The maximum atomic E-state index is 13.6. The van der Waals surface area contributed by atoms with Crippen molar-refractivity contribution in [3.63, 3.8) is 0 Å². The molecule has 0 aliphatic carbocycles. The van der Waals surface area contributed by atoms with Crippen LogP contribution in [-0.2, 0) is 0 Å². The van der Waals surface area contributed by atoms with Crippen molar-refractivity contribution in [1.82, 2.24) is 14.7 Å². The summed E-state index contributed by atoms with van der Waals surface area (Å²) in [7, 11) is 0. The number of aromatic nitrogens is 2. The van der Waals surface area contributed by atoms with Gasteiger partial charge in [-0.3, -0.25) is 0 Å². The van der Waals surface area contributed by atoms with E-state index in [1.165, 1.54) is 24.4 Å². The number of carbonyl (C=O) groups is 2. The first-order valence-corrected chi connectivity index (χ1v) is 9.80. The summed E-state index contributed by atoms with van der Waals surface area (Å²) >= 11 is 5.91. The third kappa shape index (κ3) is 5.47. The van der Waals surface area contributed by atoms with Gasteiger partial charge in [-0.15, -0.1) is 0 Å². The number of halogens is 2. The first-order valence-electron chi connectivity index (χ1n) is 9.42. The highest BCUT2D eigenvalue weighted by atomic mass is 35.5. The second-order valence-electron chi connectivity index (χ2n) is 7.67. The van der Waals surface area contributed by atoms with Crippen molar-refractivity contribution in [2.24, 2.45) is 11.8 Å². The van der Waals surface area contributed by atoms with E-state index >= 15 is 0 Å². The molecule has 1 aromatic heterocycles. The summed E-state index contributed by atoms with van der Waals surface area (Å²) in [5.41, 5.74) is -0.172. The van der Waals surface area contributed by atoms with Crippen molar-refractivity contribution in [3.8, 4) is 5.75 Å². The Balaban J connectivity index is 1.68. The van der Waals surface area contributed by atoms with Crippen LogP contribution in [0.25, 0.3) is 0 Å². The normalized spacial score (nSPS) is 22.6. The SMILES string of the molecule is C[C@@H]1C[C@H](Oc2cc(F)cc(Cl)c2)C[C@H](C)CN(C(=O)n2ccc(C(=O)O)n2)C1. The quantitative estimate of drug-likeness (QED) is 0.801. The number of amides is 1. The summed E-state index contributed by atoms with van der Waals surface area (Å²) < 4.78 is 20.6. The maximum absolute atomic E-state index is 13.6. The molecule has 0 bridgehead atoms. The summed E-state index contributed by atoms with van der Waals surface area (Å²) in [6.07, 6.45) is 2.60. The number of hydrogen-bond donors (Lipinski definition) is 1. The van der Waals surface area contributed by atoms with Gasteiger partial charge >= 0.3 is 12.0 Å². The molecule has 2 heterocycles. The van der Waals surface area contributed by atoms with E-state index in [1.54, 1.807) is 11.0 Å². The third-order valence-electron chi connectivity index (χ3n) is 4.81. The van der Waals surface area contributed by atoms with Crippen LogP contribution in [0.1, 0.15) is 37.2 Å². The Labute approximate surface area is 173 Å². The molecule has 1 aliphatic heterocycles. The van der Waals surface area contributed by atoms with E-state index in [-0.39, 0.29) is 34.7 Å². The summed E-state index contributed by atoms with van der Waals surface area (Å²) in [5.74, 6) is -0.991. The molecule has 0 saturated carbocycles. The first kappa shape index (κ1) is 21.1. The highest BCUT2D eigenvalue weighted by Gasteiger charge is 2.28. The van der Waals surface area contributed by atoms with Crippen molar-refractivity contribution in [2.45, 2.75) is 32.8 Å². The lowest BCUT2D eigenvalue weighted by molar-refractivity contribution is 0.0689. The minimum absolute atomic E-state index is 0.120. The maximum Gasteiger partial charge on any atom is 0.356 e. The second kappa shape index (κ2) is 8.82. The topological polar surface area (TPSA) is 84.7 Å². The van der Waals surface area contributed by atoms with Gasteiger partial charge in [-0.1, -0.05) is 25.4 Å². The van der Waals surface area contributed by atoms with Crippen LogP contribution in [0, 0.1) is 17.7 Å². The zero-order valence-corrected chi connectivity index (χ0v) is 17.0. The monoisotopic (exact) mass is 423 g/mol. The Morgan fingerprint density at radius 1 is 1.21 bits per heavy atom. The lowest BCUT2D eigenvalue weighted by atomic mass is 9.92. The number of benzene rings is 1. The van der Waals surface area contributed by atoms with Crippen LogP contribution in [0.2, 0.25) is 5.02 Å². The fourth-order valence-corrected chi connectivity index (χ4v) is 3.91. The molecular formula is C20H23ClFN3O4. The number of aromatic carboxylic acids is 1. The molecule has 0 radical (unpaired) electrons. The van der Waals surface area contributed by atoms with E-state index in [2.05, 4.69) is 5.10 Å². The Morgan fingerprint density at radius 3 is 2.41 bits per heavy atom. The van der Waals surface area contributed by atoms with Crippen LogP contribution < -0.4 is 4.74 Å². The summed E-state index contributed by atoms with van der Waals surface area (Å²) in [6, 6.07) is 5.07. The van der Waals surface area contributed by atoms with Crippen molar-refractivity contribution >= 4 is 23.6 Å². The van der Waals surface area contributed by atoms with Gasteiger partial charge in [-0.05, 0) is 42.9 Å². The second-order valence-corrected chi connectivity index (χ2v) is 8.10. The largest absolute Gasteiger partial charge is 0.490 e. The molecule has 9 heteroatoms. The lowest BCUT2D eigenvalue weighted by Crippen LogP contribution is -2.44.